The van der Waals surface area contributed by atoms with Gasteiger partial charge in [0.2, 0.25) is 5.91 Å². The van der Waals surface area contributed by atoms with Crippen molar-refractivity contribution in [3.63, 3.8) is 0 Å². The lowest BCUT2D eigenvalue weighted by Gasteiger charge is -2.35. The highest BCUT2D eigenvalue weighted by atomic mass is 16.5. The topological polar surface area (TPSA) is 47.4 Å². The summed E-state index contributed by atoms with van der Waals surface area (Å²) in [6, 6.07) is 0. The molecule has 1 aromatic heterocycles. The third-order valence-electron chi connectivity index (χ3n) is 4.19. The van der Waals surface area contributed by atoms with Crippen molar-refractivity contribution in [1.29, 1.82) is 0 Å². The maximum atomic E-state index is 12.4. The molecule has 0 N–H and O–H groups in total. The summed E-state index contributed by atoms with van der Waals surface area (Å²) in [7, 11) is 0. The van der Waals surface area contributed by atoms with Gasteiger partial charge in [-0.15, -0.1) is 6.58 Å². The molecule has 0 saturated carbocycles. The molecule has 22 heavy (non-hydrogen) atoms. The van der Waals surface area contributed by atoms with Gasteiger partial charge in [-0.05, 0) is 39.7 Å². The molecule has 0 unspecified atom stereocenters. The Labute approximate surface area is 132 Å². The van der Waals surface area contributed by atoms with Gasteiger partial charge in [-0.1, -0.05) is 6.08 Å². The second-order valence-electron chi connectivity index (χ2n) is 6.18. The average molecular weight is 305 g/mol. The van der Waals surface area contributed by atoms with Crippen LogP contribution in [-0.2, 0) is 22.5 Å². The lowest BCUT2D eigenvalue weighted by molar-refractivity contribution is -0.143. The first-order chi connectivity index (χ1) is 10.4. The first-order valence-electron chi connectivity index (χ1n) is 7.99. The van der Waals surface area contributed by atoms with Crippen LogP contribution in [0.15, 0.2) is 12.7 Å². The van der Waals surface area contributed by atoms with Crippen molar-refractivity contribution in [2.75, 3.05) is 13.1 Å². The normalized spacial score (nSPS) is 21.9. The summed E-state index contributed by atoms with van der Waals surface area (Å²) < 4.78 is 7.63. The molecule has 1 amide bonds. The minimum atomic E-state index is 0.117. The molecular formula is C17H27N3O2. The summed E-state index contributed by atoms with van der Waals surface area (Å²) in [5, 5.41) is 4.51. The first-order valence-corrected chi connectivity index (χ1v) is 7.99. The van der Waals surface area contributed by atoms with Crippen LogP contribution in [0.3, 0.4) is 0 Å². The number of allylic oxidation sites excluding steroid dienone is 1. The second kappa shape index (κ2) is 7.09. The highest BCUT2D eigenvalue weighted by molar-refractivity contribution is 5.76. The van der Waals surface area contributed by atoms with E-state index in [0.717, 1.165) is 17.8 Å². The predicted molar refractivity (Wildman–Crippen MR) is 86.8 cm³/mol. The minimum Gasteiger partial charge on any atom is -0.372 e. The lowest BCUT2D eigenvalue weighted by Crippen LogP contribution is -2.48. The minimum absolute atomic E-state index is 0.117. The Morgan fingerprint density at radius 2 is 2.00 bits per heavy atom. The number of ether oxygens (including phenoxy) is 1. The fraction of sp³-hybridized carbons (Fsp3) is 0.647. The van der Waals surface area contributed by atoms with Gasteiger partial charge in [0.05, 0.1) is 24.4 Å². The smallest absolute Gasteiger partial charge is 0.223 e. The molecule has 122 valence electrons. The summed E-state index contributed by atoms with van der Waals surface area (Å²) in [5.41, 5.74) is 3.33. The van der Waals surface area contributed by atoms with E-state index in [4.69, 9.17) is 4.74 Å². The van der Waals surface area contributed by atoms with E-state index in [-0.39, 0.29) is 18.1 Å². The molecule has 1 aliphatic heterocycles. The average Bonchev–Trinajstić information content (AvgIpc) is 2.70. The Morgan fingerprint density at radius 3 is 2.59 bits per heavy atom. The van der Waals surface area contributed by atoms with Gasteiger partial charge in [-0.25, -0.2) is 0 Å². The van der Waals surface area contributed by atoms with Gasteiger partial charge in [0.1, 0.15) is 0 Å². The van der Waals surface area contributed by atoms with Crippen LogP contribution in [0.5, 0.6) is 0 Å². The van der Waals surface area contributed by atoms with Gasteiger partial charge in [0.25, 0.3) is 0 Å². The molecule has 5 heteroatoms. The Balaban J connectivity index is 1.98. The molecular weight excluding hydrogens is 278 g/mol. The number of amides is 1. The number of nitrogens with zero attached hydrogens (tertiary/aromatic N) is 3. The number of morpholine rings is 1. The van der Waals surface area contributed by atoms with Gasteiger partial charge >= 0.3 is 0 Å². The van der Waals surface area contributed by atoms with Crippen LogP contribution in [0, 0.1) is 13.8 Å². The summed E-state index contributed by atoms with van der Waals surface area (Å²) >= 11 is 0. The summed E-state index contributed by atoms with van der Waals surface area (Å²) in [5.74, 6) is 0.206. The largest absolute Gasteiger partial charge is 0.372 e. The molecule has 0 aliphatic carbocycles. The van der Waals surface area contributed by atoms with Crippen molar-refractivity contribution in [3.8, 4) is 0 Å². The molecule has 1 saturated heterocycles. The Kier molecular flexibility index (Phi) is 5.40. The zero-order valence-electron chi connectivity index (χ0n) is 14.1. The maximum Gasteiger partial charge on any atom is 0.223 e. The Bertz CT molecular complexity index is 540. The fourth-order valence-electron chi connectivity index (χ4n) is 3.17. The highest BCUT2D eigenvalue weighted by Crippen LogP contribution is 2.17. The summed E-state index contributed by atoms with van der Waals surface area (Å²) in [6.07, 6.45) is 3.34. The molecule has 5 nitrogen and oxygen atoms in total. The molecule has 1 aromatic rings. The van der Waals surface area contributed by atoms with Gasteiger partial charge < -0.3 is 9.64 Å². The number of carbonyl (C=O) groups is 1. The van der Waals surface area contributed by atoms with E-state index in [1.54, 1.807) is 0 Å². The van der Waals surface area contributed by atoms with E-state index in [1.807, 2.05) is 36.4 Å². The van der Waals surface area contributed by atoms with Crippen molar-refractivity contribution in [3.05, 3.63) is 29.6 Å². The summed E-state index contributed by atoms with van der Waals surface area (Å²) in [6.45, 7) is 13.9. The third kappa shape index (κ3) is 3.77. The van der Waals surface area contributed by atoms with Gasteiger partial charge in [-0.2, -0.15) is 5.10 Å². The fourth-order valence-corrected chi connectivity index (χ4v) is 3.17. The van der Waals surface area contributed by atoms with Gasteiger partial charge in [-0.3, -0.25) is 9.48 Å². The monoisotopic (exact) mass is 305 g/mol. The zero-order valence-corrected chi connectivity index (χ0v) is 14.1. The molecule has 0 bridgehead atoms. The van der Waals surface area contributed by atoms with E-state index in [1.165, 1.54) is 5.56 Å². The van der Waals surface area contributed by atoms with Crippen LogP contribution in [0.2, 0.25) is 0 Å². The number of aryl methyl sites for hydroxylation is 1. The van der Waals surface area contributed by atoms with Crippen molar-refractivity contribution in [2.24, 2.45) is 0 Å². The van der Waals surface area contributed by atoms with Crippen LogP contribution in [0.4, 0.5) is 0 Å². The van der Waals surface area contributed by atoms with E-state index in [0.29, 0.717) is 26.1 Å². The second-order valence-corrected chi connectivity index (χ2v) is 6.18. The van der Waals surface area contributed by atoms with Crippen molar-refractivity contribution >= 4 is 5.91 Å². The Hall–Kier alpha value is -1.62. The zero-order chi connectivity index (χ0) is 16.3. The highest BCUT2D eigenvalue weighted by Gasteiger charge is 2.25. The van der Waals surface area contributed by atoms with E-state index in [9.17, 15) is 4.79 Å². The van der Waals surface area contributed by atoms with Crippen LogP contribution in [0.1, 0.15) is 37.2 Å². The molecule has 0 radical (unpaired) electrons. The summed E-state index contributed by atoms with van der Waals surface area (Å²) in [4.78, 5) is 14.4. The van der Waals surface area contributed by atoms with Crippen molar-refractivity contribution < 1.29 is 9.53 Å². The van der Waals surface area contributed by atoms with Gasteiger partial charge in [0.15, 0.2) is 0 Å². The molecule has 2 heterocycles. The molecule has 1 fully saturated rings. The quantitative estimate of drug-likeness (QED) is 0.784. The van der Waals surface area contributed by atoms with Crippen LogP contribution >= 0.6 is 0 Å². The number of hydrogen-bond donors (Lipinski definition) is 0. The predicted octanol–water partition coefficient (Wildman–Crippen LogP) is 2.25. The van der Waals surface area contributed by atoms with Crippen LogP contribution in [0.25, 0.3) is 0 Å². The van der Waals surface area contributed by atoms with E-state index in [2.05, 4.69) is 18.6 Å². The van der Waals surface area contributed by atoms with E-state index < -0.39 is 0 Å². The molecule has 0 aromatic carbocycles. The Morgan fingerprint density at radius 1 is 1.36 bits per heavy atom. The standard InChI is InChI=1S/C17H27N3O2/c1-6-9-20-15(5)16(14(4)18-20)7-8-17(21)19-10-12(2)22-13(3)11-19/h6,12-13H,1,7-11H2,2-5H3/t12-,13+. The number of aromatic nitrogens is 2. The molecule has 2 atom stereocenters. The number of rotatable bonds is 5. The van der Waals surface area contributed by atoms with Crippen molar-refractivity contribution in [2.45, 2.75) is 59.3 Å². The molecule has 1 aliphatic rings. The van der Waals surface area contributed by atoms with E-state index >= 15 is 0 Å². The maximum absolute atomic E-state index is 12.4. The third-order valence-corrected chi connectivity index (χ3v) is 4.19. The van der Waals surface area contributed by atoms with Gasteiger partial charge in [0, 0.05) is 25.2 Å². The molecule has 2 rings (SSSR count). The lowest BCUT2D eigenvalue weighted by atomic mass is 10.1. The van der Waals surface area contributed by atoms with Crippen LogP contribution < -0.4 is 0 Å². The SMILES string of the molecule is C=CCn1nc(C)c(CCC(=O)N2C[C@@H](C)O[C@@H](C)C2)c1C. The van der Waals surface area contributed by atoms with Crippen molar-refractivity contribution in [1.82, 2.24) is 14.7 Å². The molecule has 0 spiro atoms. The number of hydrogen-bond acceptors (Lipinski definition) is 3. The number of carbonyl (C=O) groups excluding carboxylic acids is 1. The van der Waals surface area contributed by atoms with Crippen LogP contribution in [-0.4, -0.2) is 45.9 Å². The first kappa shape index (κ1) is 16.7.